The molecule has 1 aromatic heterocycles. The molecule has 1 fully saturated rings. The summed E-state index contributed by atoms with van der Waals surface area (Å²) in [4.78, 5) is 18.9. The lowest BCUT2D eigenvalue weighted by molar-refractivity contribution is -0.136. The zero-order valence-corrected chi connectivity index (χ0v) is 15.1. The maximum absolute atomic E-state index is 12.4. The van der Waals surface area contributed by atoms with E-state index in [1.807, 2.05) is 43.0 Å². The molecule has 2 heterocycles. The summed E-state index contributed by atoms with van der Waals surface area (Å²) >= 11 is 0. The Morgan fingerprint density at radius 3 is 2.84 bits per heavy atom. The summed E-state index contributed by atoms with van der Waals surface area (Å²) in [6.07, 6.45) is 2.80. The van der Waals surface area contributed by atoms with E-state index in [0.29, 0.717) is 18.3 Å². The van der Waals surface area contributed by atoms with Crippen LogP contribution in [0.2, 0.25) is 0 Å². The molecule has 0 aliphatic carbocycles. The number of hydrogen-bond donors (Lipinski definition) is 0. The minimum absolute atomic E-state index is 0.0660. The second kappa shape index (κ2) is 7.68. The van der Waals surface area contributed by atoms with Crippen LogP contribution in [-0.2, 0) is 4.79 Å². The van der Waals surface area contributed by atoms with Crippen molar-refractivity contribution in [1.82, 2.24) is 15.0 Å². The predicted octanol–water partition coefficient (Wildman–Crippen LogP) is 3.50. The molecule has 2 unspecified atom stereocenters. The topological polar surface area (TPSA) is 68.5 Å². The van der Waals surface area contributed by atoms with Crippen LogP contribution < -0.4 is 4.74 Å². The van der Waals surface area contributed by atoms with Crippen LogP contribution in [0.5, 0.6) is 5.75 Å². The maximum Gasteiger partial charge on any atom is 0.231 e. The van der Waals surface area contributed by atoms with Gasteiger partial charge in [-0.25, -0.2) is 0 Å². The molecule has 6 nitrogen and oxygen atoms in total. The van der Waals surface area contributed by atoms with E-state index in [-0.39, 0.29) is 17.7 Å². The third kappa shape index (κ3) is 3.83. The lowest BCUT2D eigenvalue weighted by Crippen LogP contribution is -2.41. The number of aromatic nitrogens is 2. The van der Waals surface area contributed by atoms with Crippen molar-refractivity contribution in [3.63, 3.8) is 0 Å². The lowest BCUT2D eigenvalue weighted by atomic mass is 9.96. The minimum Gasteiger partial charge on any atom is -0.497 e. The van der Waals surface area contributed by atoms with Crippen molar-refractivity contribution >= 4 is 5.91 Å². The summed E-state index contributed by atoms with van der Waals surface area (Å²) in [7, 11) is 1.64. The van der Waals surface area contributed by atoms with Crippen molar-refractivity contribution < 1.29 is 14.1 Å². The first-order chi connectivity index (χ1) is 12.1. The van der Waals surface area contributed by atoms with Crippen LogP contribution in [0.3, 0.4) is 0 Å². The fraction of sp³-hybridized carbons (Fsp3) is 0.526. The van der Waals surface area contributed by atoms with Gasteiger partial charge in [-0.05, 0) is 43.5 Å². The van der Waals surface area contributed by atoms with Crippen molar-refractivity contribution in [2.75, 3.05) is 20.2 Å². The average molecular weight is 343 g/mol. The second-order valence-corrected chi connectivity index (χ2v) is 6.62. The Morgan fingerprint density at radius 2 is 2.16 bits per heavy atom. The highest BCUT2D eigenvalue weighted by Gasteiger charge is 2.30. The average Bonchev–Trinajstić information content (AvgIpc) is 3.17. The fourth-order valence-electron chi connectivity index (χ4n) is 3.12. The first-order valence-corrected chi connectivity index (χ1v) is 8.89. The van der Waals surface area contributed by atoms with E-state index in [4.69, 9.17) is 9.26 Å². The minimum atomic E-state index is 0.0660. The molecule has 25 heavy (non-hydrogen) atoms. The van der Waals surface area contributed by atoms with Crippen LogP contribution in [0.25, 0.3) is 11.4 Å². The molecule has 1 aromatic carbocycles. The van der Waals surface area contributed by atoms with Gasteiger partial charge in [0.1, 0.15) is 5.75 Å². The van der Waals surface area contributed by atoms with Gasteiger partial charge in [-0.2, -0.15) is 4.98 Å². The van der Waals surface area contributed by atoms with Gasteiger partial charge in [-0.3, -0.25) is 4.79 Å². The molecule has 0 radical (unpaired) electrons. The zero-order chi connectivity index (χ0) is 17.8. The van der Waals surface area contributed by atoms with Crippen LogP contribution in [0.1, 0.15) is 44.9 Å². The maximum atomic E-state index is 12.4. The van der Waals surface area contributed by atoms with Crippen LogP contribution in [0.15, 0.2) is 28.8 Å². The van der Waals surface area contributed by atoms with E-state index in [0.717, 1.165) is 37.1 Å². The lowest BCUT2D eigenvalue weighted by Gasteiger charge is -2.32. The first kappa shape index (κ1) is 17.5. The van der Waals surface area contributed by atoms with E-state index in [1.165, 1.54) is 0 Å². The molecule has 2 aromatic rings. The molecule has 6 heteroatoms. The van der Waals surface area contributed by atoms with Crippen molar-refractivity contribution in [2.24, 2.45) is 5.92 Å². The molecule has 0 spiro atoms. The molecule has 1 aliphatic heterocycles. The van der Waals surface area contributed by atoms with Crippen molar-refractivity contribution in [1.29, 1.82) is 0 Å². The highest BCUT2D eigenvalue weighted by molar-refractivity contribution is 5.78. The summed E-state index contributed by atoms with van der Waals surface area (Å²) in [6, 6.07) is 7.57. The Labute approximate surface area is 148 Å². The Hall–Kier alpha value is -2.37. The van der Waals surface area contributed by atoms with Crippen LogP contribution in [-0.4, -0.2) is 41.1 Å². The molecule has 3 rings (SSSR count). The molecular formula is C19H25N3O3. The molecule has 0 bridgehead atoms. The highest BCUT2D eigenvalue weighted by atomic mass is 16.5. The monoisotopic (exact) mass is 343 g/mol. The summed E-state index contributed by atoms with van der Waals surface area (Å²) in [5.41, 5.74) is 0.888. The molecule has 1 aliphatic rings. The van der Waals surface area contributed by atoms with Gasteiger partial charge < -0.3 is 14.2 Å². The molecule has 134 valence electrons. The third-order valence-corrected chi connectivity index (χ3v) is 4.91. The van der Waals surface area contributed by atoms with Crippen molar-refractivity contribution in [3.8, 4) is 17.1 Å². The van der Waals surface area contributed by atoms with Crippen LogP contribution in [0, 0.1) is 5.92 Å². The Bertz CT molecular complexity index is 711. The Balaban J connectivity index is 1.71. The number of ether oxygens (including phenoxy) is 1. The van der Waals surface area contributed by atoms with Crippen LogP contribution >= 0.6 is 0 Å². The zero-order valence-electron chi connectivity index (χ0n) is 15.1. The standard InChI is InChI=1S/C19H25N3O3/c1-4-13(2)19(23)22-11-5-6-15(12-22)18-20-17(21-25-18)14-7-9-16(24-3)10-8-14/h7-10,13,15H,4-6,11-12H2,1-3H3. The number of amides is 1. The van der Waals surface area contributed by atoms with Crippen molar-refractivity contribution in [2.45, 2.75) is 39.0 Å². The van der Waals surface area contributed by atoms with E-state index in [2.05, 4.69) is 10.1 Å². The van der Waals surface area contributed by atoms with Gasteiger partial charge in [0.05, 0.1) is 13.0 Å². The molecule has 0 saturated carbocycles. The number of likely N-dealkylation sites (tertiary alicyclic amines) is 1. The van der Waals surface area contributed by atoms with Gasteiger partial charge in [0.2, 0.25) is 17.6 Å². The fourth-order valence-corrected chi connectivity index (χ4v) is 3.12. The highest BCUT2D eigenvalue weighted by Crippen LogP contribution is 2.29. The van der Waals surface area contributed by atoms with Gasteiger partial charge in [-0.15, -0.1) is 0 Å². The number of benzene rings is 1. The number of methoxy groups -OCH3 is 1. The Kier molecular flexibility index (Phi) is 5.36. The molecule has 0 N–H and O–H groups in total. The van der Waals surface area contributed by atoms with E-state index < -0.39 is 0 Å². The SMILES string of the molecule is CCC(C)C(=O)N1CCCC(c2nc(-c3ccc(OC)cc3)no2)C1. The first-order valence-electron chi connectivity index (χ1n) is 8.89. The normalized spacial score (nSPS) is 18.8. The van der Waals surface area contributed by atoms with E-state index in [9.17, 15) is 4.79 Å². The second-order valence-electron chi connectivity index (χ2n) is 6.62. The quantitative estimate of drug-likeness (QED) is 0.831. The number of carbonyl (C=O) groups excluding carboxylic acids is 1. The summed E-state index contributed by atoms with van der Waals surface area (Å²) in [5.74, 6) is 2.38. The number of piperidine rings is 1. The summed E-state index contributed by atoms with van der Waals surface area (Å²) in [6.45, 7) is 5.51. The predicted molar refractivity (Wildman–Crippen MR) is 94.3 cm³/mol. The van der Waals surface area contributed by atoms with Gasteiger partial charge >= 0.3 is 0 Å². The van der Waals surface area contributed by atoms with Gasteiger partial charge in [0.25, 0.3) is 0 Å². The number of carbonyl (C=O) groups is 1. The largest absolute Gasteiger partial charge is 0.497 e. The van der Waals surface area contributed by atoms with Crippen molar-refractivity contribution in [3.05, 3.63) is 30.2 Å². The molecule has 2 atom stereocenters. The number of hydrogen-bond acceptors (Lipinski definition) is 5. The summed E-state index contributed by atoms with van der Waals surface area (Å²) in [5, 5.41) is 4.11. The number of rotatable bonds is 5. The molecule has 1 saturated heterocycles. The van der Waals surface area contributed by atoms with Crippen LogP contribution in [0.4, 0.5) is 0 Å². The smallest absolute Gasteiger partial charge is 0.231 e. The van der Waals surface area contributed by atoms with Gasteiger partial charge in [0.15, 0.2) is 0 Å². The Morgan fingerprint density at radius 1 is 1.40 bits per heavy atom. The van der Waals surface area contributed by atoms with Gasteiger partial charge in [-0.1, -0.05) is 19.0 Å². The third-order valence-electron chi connectivity index (χ3n) is 4.91. The van der Waals surface area contributed by atoms with Gasteiger partial charge in [0, 0.05) is 24.6 Å². The molecular weight excluding hydrogens is 318 g/mol. The van der Waals surface area contributed by atoms with E-state index >= 15 is 0 Å². The number of nitrogens with zero attached hydrogens (tertiary/aromatic N) is 3. The molecule has 1 amide bonds. The van der Waals surface area contributed by atoms with E-state index in [1.54, 1.807) is 7.11 Å². The summed E-state index contributed by atoms with van der Waals surface area (Å²) < 4.78 is 10.7.